The van der Waals surface area contributed by atoms with Crippen molar-refractivity contribution < 1.29 is 9.07 Å². The number of halogens is 1. The largest absolute Gasteiger partial charge is 0.306 e. The van der Waals surface area contributed by atoms with Gasteiger partial charge in [-0.15, -0.1) is 5.10 Å². The Labute approximate surface area is 102 Å². The van der Waals surface area contributed by atoms with E-state index in [1.165, 1.54) is 12.1 Å². The minimum absolute atomic E-state index is 0.169. The lowest BCUT2D eigenvalue weighted by Crippen LogP contribution is -2.40. The fraction of sp³-hybridized carbons (Fsp3) is 0. The highest BCUT2D eigenvalue weighted by Gasteiger charge is 2.10. The van der Waals surface area contributed by atoms with E-state index in [0.717, 1.165) is 5.39 Å². The summed E-state index contributed by atoms with van der Waals surface area (Å²) in [5.74, 6) is -0.303. The zero-order valence-electron chi connectivity index (χ0n) is 9.43. The summed E-state index contributed by atoms with van der Waals surface area (Å²) in [5, 5.41) is 4.20. The van der Waals surface area contributed by atoms with Crippen LogP contribution in [0.25, 0.3) is 16.5 Å². The Bertz CT molecular complexity index is 763. The molecule has 0 saturated heterocycles. The molecule has 0 spiro atoms. The van der Waals surface area contributed by atoms with Crippen molar-refractivity contribution in [3.8, 4) is 5.69 Å². The summed E-state index contributed by atoms with van der Waals surface area (Å²) < 4.78 is 14.4. The number of nitrogens with one attached hydrogen (secondary N) is 1. The third kappa shape index (κ3) is 1.78. The van der Waals surface area contributed by atoms with Gasteiger partial charge >= 0.3 is 5.56 Å². The van der Waals surface area contributed by atoms with Crippen molar-refractivity contribution in [3.63, 3.8) is 0 Å². The summed E-state index contributed by atoms with van der Waals surface area (Å²) in [7, 11) is 0. The van der Waals surface area contributed by atoms with E-state index in [-0.39, 0.29) is 11.4 Å². The molecular weight excluding hydrogens is 231 g/mol. The van der Waals surface area contributed by atoms with E-state index in [4.69, 9.17) is 0 Å². The maximum Gasteiger partial charge on any atom is 0.306 e. The van der Waals surface area contributed by atoms with Gasteiger partial charge in [0.25, 0.3) is 0 Å². The summed E-state index contributed by atoms with van der Waals surface area (Å²) in [6.45, 7) is 0. The van der Waals surface area contributed by atoms with Crippen LogP contribution >= 0.6 is 0 Å². The van der Waals surface area contributed by atoms with Crippen molar-refractivity contribution in [2.45, 2.75) is 0 Å². The molecule has 0 aliphatic heterocycles. The molecule has 2 aromatic carbocycles. The predicted octanol–water partition coefficient (Wildman–Crippen LogP) is 1.94. The van der Waals surface area contributed by atoms with Gasteiger partial charge in [-0.05, 0) is 24.3 Å². The number of fused-ring (bicyclic) bond motifs is 1. The normalized spacial score (nSPS) is 10.7. The van der Waals surface area contributed by atoms with Gasteiger partial charge in [-0.3, -0.25) is 4.79 Å². The number of H-pyrrole nitrogens is 1. The molecule has 3 nitrogen and oxygen atoms in total. The lowest BCUT2D eigenvalue weighted by atomic mass is 10.2. The first-order valence-corrected chi connectivity index (χ1v) is 5.54. The highest BCUT2D eigenvalue weighted by atomic mass is 19.1. The first-order valence-electron chi connectivity index (χ1n) is 5.54. The van der Waals surface area contributed by atoms with Gasteiger partial charge in [-0.25, -0.2) is 4.39 Å². The van der Waals surface area contributed by atoms with E-state index in [2.05, 4.69) is 5.10 Å². The monoisotopic (exact) mass is 241 g/mol. The molecule has 4 heteroatoms. The van der Waals surface area contributed by atoms with Gasteiger partial charge < -0.3 is 0 Å². The van der Waals surface area contributed by atoms with Gasteiger partial charge in [0, 0.05) is 12.1 Å². The van der Waals surface area contributed by atoms with Gasteiger partial charge in [0.2, 0.25) is 11.9 Å². The molecule has 1 aromatic heterocycles. The fourth-order valence-electron chi connectivity index (χ4n) is 1.90. The summed E-state index contributed by atoms with van der Waals surface area (Å²) in [4.78, 5) is 11.9. The quantitative estimate of drug-likeness (QED) is 0.649. The third-order valence-electron chi connectivity index (χ3n) is 2.80. The van der Waals surface area contributed by atoms with Gasteiger partial charge in [-0.1, -0.05) is 16.8 Å². The molecule has 1 heterocycles. The van der Waals surface area contributed by atoms with Crippen molar-refractivity contribution in [2.24, 2.45) is 0 Å². The standard InChI is InChI=1S/C14H9FN2O/c15-11-5-7-12(8-6-11)17-9-10-3-1-2-4-13(10)14(18)16-17/h1-9H/p+1. The molecule has 0 bridgehead atoms. The van der Waals surface area contributed by atoms with Crippen LogP contribution in [0.15, 0.2) is 59.5 Å². The van der Waals surface area contributed by atoms with Crippen molar-refractivity contribution in [1.29, 1.82) is 0 Å². The van der Waals surface area contributed by atoms with Crippen LogP contribution in [-0.4, -0.2) is 5.10 Å². The number of nitrogens with zero attached hydrogens (tertiary/aromatic N) is 1. The molecule has 18 heavy (non-hydrogen) atoms. The van der Waals surface area contributed by atoms with Crippen LogP contribution in [-0.2, 0) is 0 Å². The summed E-state index contributed by atoms with van der Waals surface area (Å²) in [6.07, 6.45) is 1.81. The summed E-state index contributed by atoms with van der Waals surface area (Å²) in [5.41, 5.74) is 0.539. The molecule has 0 amide bonds. The third-order valence-corrected chi connectivity index (χ3v) is 2.80. The van der Waals surface area contributed by atoms with Crippen LogP contribution in [0.5, 0.6) is 0 Å². The van der Waals surface area contributed by atoms with Crippen LogP contribution < -0.4 is 10.2 Å². The molecule has 0 radical (unpaired) electrons. The zero-order chi connectivity index (χ0) is 12.5. The van der Waals surface area contributed by atoms with E-state index in [1.54, 1.807) is 22.9 Å². The van der Waals surface area contributed by atoms with Crippen LogP contribution in [0.3, 0.4) is 0 Å². The molecule has 0 aliphatic carbocycles. The zero-order valence-corrected chi connectivity index (χ0v) is 9.43. The molecule has 3 rings (SSSR count). The highest BCUT2D eigenvalue weighted by Crippen LogP contribution is 2.07. The van der Waals surface area contributed by atoms with E-state index in [9.17, 15) is 9.18 Å². The lowest BCUT2D eigenvalue weighted by molar-refractivity contribution is -0.659. The van der Waals surface area contributed by atoms with E-state index >= 15 is 0 Å². The first-order chi connectivity index (χ1) is 8.74. The maximum absolute atomic E-state index is 12.9. The second-order valence-corrected chi connectivity index (χ2v) is 4.00. The molecule has 1 N–H and O–H groups in total. The summed E-state index contributed by atoms with van der Waals surface area (Å²) >= 11 is 0. The molecule has 3 aromatic rings. The number of rotatable bonds is 1. The fourth-order valence-corrected chi connectivity index (χ4v) is 1.90. The van der Waals surface area contributed by atoms with Crippen LogP contribution in [0, 0.1) is 5.82 Å². The second kappa shape index (κ2) is 4.07. The van der Waals surface area contributed by atoms with Gasteiger partial charge in [0.1, 0.15) is 5.82 Å². The van der Waals surface area contributed by atoms with Gasteiger partial charge in [-0.2, -0.15) is 0 Å². The SMILES string of the molecule is O=c1[nH][n+](-c2ccc(F)cc2)cc2ccccc12. The Morgan fingerprint density at radius 2 is 1.72 bits per heavy atom. The second-order valence-electron chi connectivity index (χ2n) is 4.00. The average Bonchev–Trinajstić information content (AvgIpc) is 2.39. The van der Waals surface area contributed by atoms with E-state index < -0.39 is 0 Å². The van der Waals surface area contributed by atoms with Crippen molar-refractivity contribution in [1.82, 2.24) is 5.10 Å². The number of aromatic amines is 1. The molecule has 0 saturated carbocycles. The Hall–Kier alpha value is -2.49. The van der Waals surface area contributed by atoms with Gasteiger partial charge in [0.15, 0.2) is 0 Å². The molecule has 0 aliphatic rings. The van der Waals surface area contributed by atoms with Crippen LogP contribution in [0.2, 0.25) is 0 Å². The number of aromatic nitrogens is 2. The molecule has 0 atom stereocenters. The van der Waals surface area contributed by atoms with E-state index in [1.807, 2.05) is 24.4 Å². The molecular formula is C14H10FN2O+. The van der Waals surface area contributed by atoms with Crippen LogP contribution in [0.1, 0.15) is 0 Å². The maximum atomic E-state index is 12.9. The highest BCUT2D eigenvalue weighted by molar-refractivity contribution is 5.79. The smallest absolute Gasteiger partial charge is 0.264 e. The van der Waals surface area contributed by atoms with Gasteiger partial charge in [0.05, 0.1) is 10.8 Å². The lowest BCUT2D eigenvalue weighted by Gasteiger charge is -1.97. The number of hydrogen-bond donors (Lipinski definition) is 1. The average molecular weight is 241 g/mol. The molecule has 0 unspecified atom stereocenters. The minimum atomic E-state index is -0.303. The van der Waals surface area contributed by atoms with Crippen molar-refractivity contribution in [3.05, 3.63) is 70.9 Å². The first kappa shape index (κ1) is 10.7. The van der Waals surface area contributed by atoms with E-state index in [0.29, 0.717) is 11.1 Å². The predicted molar refractivity (Wildman–Crippen MR) is 66.1 cm³/mol. The summed E-state index contributed by atoms with van der Waals surface area (Å²) in [6, 6.07) is 13.3. The number of hydrogen-bond acceptors (Lipinski definition) is 1. The Morgan fingerprint density at radius 1 is 1.00 bits per heavy atom. The Kier molecular flexibility index (Phi) is 2.41. The Morgan fingerprint density at radius 3 is 2.50 bits per heavy atom. The van der Waals surface area contributed by atoms with Crippen molar-refractivity contribution in [2.75, 3.05) is 0 Å². The minimum Gasteiger partial charge on any atom is -0.264 e. The molecule has 0 fully saturated rings. The van der Waals surface area contributed by atoms with Crippen molar-refractivity contribution >= 4 is 10.8 Å². The Balaban J connectivity index is 2.24. The number of benzene rings is 2. The topological polar surface area (TPSA) is 36.7 Å². The molecule has 88 valence electrons. The van der Waals surface area contributed by atoms with Crippen LogP contribution in [0.4, 0.5) is 4.39 Å².